The summed E-state index contributed by atoms with van der Waals surface area (Å²) in [5.41, 5.74) is 3.63. The number of aromatic hydroxyl groups is 1. The zero-order valence-electron chi connectivity index (χ0n) is 17.5. The van der Waals surface area contributed by atoms with Gasteiger partial charge < -0.3 is 20.1 Å². The molecule has 31 heavy (non-hydrogen) atoms. The van der Waals surface area contributed by atoms with E-state index in [1.165, 1.54) is 0 Å². The lowest BCUT2D eigenvalue weighted by atomic mass is 9.83. The van der Waals surface area contributed by atoms with Gasteiger partial charge in [-0.05, 0) is 78.8 Å². The third-order valence-electron chi connectivity index (χ3n) is 5.79. The van der Waals surface area contributed by atoms with Crippen molar-refractivity contribution in [3.8, 4) is 11.5 Å². The molecule has 1 unspecified atom stereocenters. The van der Waals surface area contributed by atoms with E-state index in [1.54, 1.807) is 31.4 Å². The summed E-state index contributed by atoms with van der Waals surface area (Å²) in [4.78, 5) is 28.8. The Morgan fingerprint density at radius 2 is 2.06 bits per heavy atom. The number of Topliss-reactive ketones (excluding diaryl/α,β-unsaturated/α-hetero) is 1. The molecule has 1 atom stereocenters. The first-order valence-corrected chi connectivity index (χ1v) is 10.5. The number of carbonyl (C=O) groups is 2. The van der Waals surface area contributed by atoms with Crippen LogP contribution in [0.25, 0.3) is 17.0 Å². The quantitative estimate of drug-likeness (QED) is 0.417. The predicted octanol–water partition coefficient (Wildman–Crippen LogP) is 3.99. The van der Waals surface area contributed by atoms with Crippen molar-refractivity contribution in [3.63, 3.8) is 0 Å². The molecule has 0 bridgehead atoms. The Balaban J connectivity index is 1.38. The number of fused-ring (bicyclic) bond motifs is 1. The number of ketones is 1. The zero-order chi connectivity index (χ0) is 21.8. The van der Waals surface area contributed by atoms with Crippen LogP contribution in [0, 0.1) is 5.92 Å². The van der Waals surface area contributed by atoms with Gasteiger partial charge in [-0.2, -0.15) is 0 Å². The van der Waals surface area contributed by atoms with Gasteiger partial charge in [0.15, 0.2) is 5.78 Å². The normalized spacial score (nSPS) is 17.8. The number of aromatic nitrogens is 1. The standard InChI is InChI=1S/C25H26N2O4/c1-31-20-9-10-23-22(14-20)18(15-27-23)11-12-26-25(30)21-4-2-3-17(24(21)29)13-16-5-7-19(28)8-6-16/h5-10,13-15,21,27-28H,2-4,11-12H2,1H3,(H,26,30)/b17-13+. The van der Waals surface area contributed by atoms with Gasteiger partial charge in [-0.3, -0.25) is 9.59 Å². The van der Waals surface area contributed by atoms with E-state index in [0.29, 0.717) is 31.4 Å². The van der Waals surface area contributed by atoms with Gasteiger partial charge in [0.25, 0.3) is 0 Å². The fourth-order valence-electron chi connectivity index (χ4n) is 4.07. The highest BCUT2D eigenvalue weighted by Gasteiger charge is 2.32. The van der Waals surface area contributed by atoms with Crippen LogP contribution in [0.3, 0.4) is 0 Å². The van der Waals surface area contributed by atoms with Crippen molar-refractivity contribution in [1.29, 1.82) is 0 Å². The van der Waals surface area contributed by atoms with E-state index in [0.717, 1.165) is 34.2 Å². The second kappa shape index (κ2) is 9.08. The van der Waals surface area contributed by atoms with E-state index in [1.807, 2.05) is 30.5 Å². The number of hydrogen-bond donors (Lipinski definition) is 3. The highest BCUT2D eigenvalue weighted by molar-refractivity contribution is 6.12. The van der Waals surface area contributed by atoms with E-state index in [4.69, 9.17) is 4.74 Å². The Hall–Kier alpha value is -3.54. The SMILES string of the molecule is COc1ccc2[nH]cc(CCNC(=O)C3CCC/C(=C\c4ccc(O)cc4)C3=O)c2c1. The van der Waals surface area contributed by atoms with Crippen molar-refractivity contribution < 1.29 is 19.4 Å². The van der Waals surface area contributed by atoms with Crippen molar-refractivity contribution >= 4 is 28.7 Å². The smallest absolute Gasteiger partial charge is 0.230 e. The third kappa shape index (κ3) is 4.63. The van der Waals surface area contributed by atoms with Gasteiger partial charge in [0.05, 0.1) is 7.11 Å². The molecule has 1 saturated carbocycles. The number of phenolic OH excluding ortho intramolecular Hbond substituents is 1. The molecule has 160 valence electrons. The minimum atomic E-state index is -0.639. The number of rotatable bonds is 6. The van der Waals surface area contributed by atoms with Gasteiger partial charge in [-0.25, -0.2) is 0 Å². The number of ether oxygens (including phenoxy) is 1. The Kier molecular flexibility index (Phi) is 6.07. The molecule has 1 aliphatic rings. The first-order chi connectivity index (χ1) is 15.0. The number of amides is 1. The Morgan fingerprint density at radius 3 is 2.84 bits per heavy atom. The second-order valence-corrected chi connectivity index (χ2v) is 7.84. The number of aromatic amines is 1. The van der Waals surface area contributed by atoms with Crippen LogP contribution in [0.1, 0.15) is 30.4 Å². The molecule has 4 rings (SSSR count). The first-order valence-electron chi connectivity index (χ1n) is 10.5. The van der Waals surface area contributed by atoms with Gasteiger partial charge in [0, 0.05) is 23.6 Å². The summed E-state index contributed by atoms with van der Waals surface area (Å²) in [5.74, 6) is 0.0220. The summed E-state index contributed by atoms with van der Waals surface area (Å²) in [6.45, 7) is 0.462. The molecule has 1 aromatic heterocycles. The van der Waals surface area contributed by atoms with Crippen LogP contribution in [-0.2, 0) is 16.0 Å². The lowest BCUT2D eigenvalue weighted by Gasteiger charge is -2.22. The van der Waals surface area contributed by atoms with E-state index >= 15 is 0 Å². The van der Waals surface area contributed by atoms with E-state index < -0.39 is 5.92 Å². The molecule has 3 N–H and O–H groups in total. The molecular formula is C25H26N2O4. The Morgan fingerprint density at radius 1 is 1.26 bits per heavy atom. The first kappa shape index (κ1) is 20.7. The van der Waals surface area contributed by atoms with E-state index in [9.17, 15) is 14.7 Å². The fraction of sp³-hybridized carbons (Fsp3) is 0.280. The van der Waals surface area contributed by atoms with Gasteiger partial charge >= 0.3 is 0 Å². The zero-order valence-corrected chi connectivity index (χ0v) is 17.5. The Labute approximate surface area is 180 Å². The minimum Gasteiger partial charge on any atom is -0.508 e. The summed E-state index contributed by atoms with van der Waals surface area (Å²) >= 11 is 0. The minimum absolute atomic E-state index is 0.103. The highest BCUT2D eigenvalue weighted by Crippen LogP contribution is 2.28. The number of H-pyrrole nitrogens is 1. The van der Waals surface area contributed by atoms with Crippen LogP contribution < -0.4 is 10.1 Å². The number of nitrogens with one attached hydrogen (secondary N) is 2. The third-order valence-corrected chi connectivity index (χ3v) is 5.79. The number of methoxy groups -OCH3 is 1. The molecule has 0 saturated heterocycles. The van der Waals surface area contributed by atoms with E-state index in [2.05, 4.69) is 10.3 Å². The largest absolute Gasteiger partial charge is 0.508 e. The molecule has 3 aromatic rings. The summed E-state index contributed by atoms with van der Waals surface area (Å²) in [7, 11) is 1.64. The van der Waals surface area contributed by atoms with Gasteiger partial charge in [0.2, 0.25) is 5.91 Å². The number of benzene rings is 2. The average molecular weight is 418 g/mol. The molecule has 0 radical (unpaired) electrons. The summed E-state index contributed by atoms with van der Waals surface area (Å²) in [6.07, 6.45) is 6.47. The number of hydrogen-bond acceptors (Lipinski definition) is 4. The van der Waals surface area contributed by atoms with Crippen molar-refractivity contribution in [2.45, 2.75) is 25.7 Å². The summed E-state index contributed by atoms with van der Waals surface area (Å²) < 4.78 is 5.30. The van der Waals surface area contributed by atoms with E-state index in [-0.39, 0.29) is 17.4 Å². The van der Waals surface area contributed by atoms with Gasteiger partial charge in [-0.15, -0.1) is 0 Å². The van der Waals surface area contributed by atoms with Crippen molar-refractivity contribution in [2.24, 2.45) is 5.92 Å². The number of carbonyl (C=O) groups excluding carboxylic acids is 2. The maximum atomic E-state index is 12.9. The molecular weight excluding hydrogens is 392 g/mol. The predicted molar refractivity (Wildman–Crippen MR) is 120 cm³/mol. The number of phenols is 1. The second-order valence-electron chi connectivity index (χ2n) is 7.84. The van der Waals surface area contributed by atoms with Crippen molar-refractivity contribution in [2.75, 3.05) is 13.7 Å². The maximum Gasteiger partial charge on any atom is 0.230 e. The van der Waals surface area contributed by atoms with Crippen LogP contribution >= 0.6 is 0 Å². The fourth-order valence-corrected chi connectivity index (χ4v) is 4.07. The summed E-state index contributed by atoms with van der Waals surface area (Å²) in [5, 5.41) is 13.4. The Bertz CT molecular complexity index is 1130. The monoisotopic (exact) mass is 418 g/mol. The lowest BCUT2D eigenvalue weighted by molar-refractivity contribution is -0.133. The van der Waals surface area contributed by atoms with Crippen LogP contribution in [0.2, 0.25) is 0 Å². The van der Waals surface area contributed by atoms with Crippen molar-refractivity contribution in [1.82, 2.24) is 10.3 Å². The molecule has 2 aromatic carbocycles. The highest BCUT2D eigenvalue weighted by atomic mass is 16.5. The van der Waals surface area contributed by atoms with Crippen molar-refractivity contribution in [3.05, 3.63) is 65.4 Å². The van der Waals surface area contributed by atoms with Gasteiger partial charge in [0.1, 0.15) is 17.4 Å². The molecule has 0 spiro atoms. The summed E-state index contributed by atoms with van der Waals surface area (Å²) in [6, 6.07) is 12.6. The molecule has 1 heterocycles. The maximum absolute atomic E-state index is 12.9. The van der Waals surface area contributed by atoms with Crippen LogP contribution in [-0.4, -0.2) is 35.4 Å². The van der Waals surface area contributed by atoms with Crippen LogP contribution in [0.4, 0.5) is 0 Å². The molecule has 0 aliphatic heterocycles. The molecule has 1 aliphatic carbocycles. The van der Waals surface area contributed by atoms with Crippen LogP contribution in [0.15, 0.2) is 54.2 Å². The molecule has 6 heteroatoms. The topological polar surface area (TPSA) is 91.4 Å². The molecule has 6 nitrogen and oxygen atoms in total. The average Bonchev–Trinajstić information content (AvgIpc) is 3.18. The van der Waals surface area contributed by atoms with Gasteiger partial charge in [-0.1, -0.05) is 12.1 Å². The molecule has 1 amide bonds. The van der Waals surface area contributed by atoms with Crippen LogP contribution in [0.5, 0.6) is 11.5 Å². The lowest BCUT2D eigenvalue weighted by Crippen LogP contribution is -2.38. The molecule has 1 fully saturated rings. The number of allylic oxidation sites excluding steroid dienone is 1.